The third-order valence-electron chi connectivity index (χ3n) is 4.42. The molecule has 22 heavy (non-hydrogen) atoms. The molecular formula is C16H23NO4S. The molecule has 1 amide bonds. The summed E-state index contributed by atoms with van der Waals surface area (Å²) >= 11 is 0. The number of nitrogens with zero attached hydrogens (tertiary/aromatic N) is 1. The third-order valence-corrected chi connectivity index (χ3v) is 6.17. The van der Waals surface area contributed by atoms with E-state index in [0.717, 1.165) is 11.3 Å². The second-order valence-corrected chi connectivity index (χ2v) is 8.56. The molecule has 122 valence electrons. The zero-order valence-corrected chi connectivity index (χ0v) is 14.3. The maximum atomic E-state index is 12.8. The first-order chi connectivity index (χ1) is 10.2. The molecule has 1 aromatic carbocycles. The molecule has 0 radical (unpaired) electrons. The van der Waals surface area contributed by atoms with E-state index >= 15 is 0 Å². The maximum absolute atomic E-state index is 12.8. The van der Waals surface area contributed by atoms with Crippen LogP contribution in [0.25, 0.3) is 0 Å². The number of carbonyl (C=O) groups excluding carboxylic acids is 1. The van der Waals surface area contributed by atoms with Crippen molar-refractivity contribution in [3.8, 4) is 5.75 Å². The Labute approximate surface area is 132 Å². The second-order valence-electron chi connectivity index (χ2n) is 6.33. The van der Waals surface area contributed by atoms with Gasteiger partial charge in [0.1, 0.15) is 5.75 Å². The van der Waals surface area contributed by atoms with Crippen LogP contribution in [0.2, 0.25) is 0 Å². The Morgan fingerprint density at radius 2 is 1.86 bits per heavy atom. The highest BCUT2D eigenvalue weighted by molar-refractivity contribution is 7.91. The van der Waals surface area contributed by atoms with Crippen molar-refractivity contribution in [2.45, 2.75) is 31.7 Å². The molecule has 6 heteroatoms. The number of rotatable bonds is 4. The van der Waals surface area contributed by atoms with E-state index in [9.17, 15) is 13.2 Å². The second kappa shape index (κ2) is 5.91. The Balaban J connectivity index is 2.18. The Kier molecular flexibility index (Phi) is 4.52. The van der Waals surface area contributed by atoms with Crippen molar-refractivity contribution in [1.82, 2.24) is 4.90 Å². The molecule has 5 nitrogen and oxygen atoms in total. The first kappa shape index (κ1) is 16.8. The van der Waals surface area contributed by atoms with Crippen LogP contribution in [-0.4, -0.2) is 50.9 Å². The number of carbonyl (C=O) groups is 1. The van der Waals surface area contributed by atoms with E-state index in [1.165, 1.54) is 0 Å². The van der Waals surface area contributed by atoms with Gasteiger partial charge in [0.15, 0.2) is 9.84 Å². The van der Waals surface area contributed by atoms with Crippen LogP contribution in [0.15, 0.2) is 24.3 Å². The molecule has 0 aliphatic carbocycles. The summed E-state index contributed by atoms with van der Waals surface area (Å²) in [4.78, 5) is 14.4. The Morgan fingerprint density at radius 1 is 1.27 bits per heavy atom. The number of methoxy groups -OCH3 is 1. The van der Waals surface area contributed by atoms with Crippen LogP contribution < -0.4 is 4.74 Å². The SMILES string of the molecule is COc1ccc(C(C)(C)C(=O)N(C)C2CCS(=O)(=O)C2)cc1. The Bertz CT molecular complexity index is 649. The van der Waals surface area contributed by atoms with Gasteiger partial charge in [-0.1, -0.05) is 12.1 Å². The predicted octanol–water partition coefficient (Wildman–Crippen LogP) is 1.62. The number of benzene rings is 1. The molecule has 0 bridgehead atoms. The van der Waals surface area contributed by atoms with Crippen molar-refractivity contribution in [1.29, 1.82) is 0 Å². The van der Waals surface area contributed by atoms with Gasteiger partial charge in [0.05, 0.1) is 24.0 Å². The van der Waals surface area contributed by atoms with Gasteiger partial charge in [-0.15, -0.1) is 0 Å². The molecule has 1 fully saturated rings. The van der Waals surface area contributed by atoms with Crippen LogP contribution in [0.5, 0.6) is 5.75 Å². The zero-order chi connectivity index (χ0) is 16.5. The summed E-state index contributed by atoms with van der Waals surface area (Å²) in [5.74, 6) is 0.897. The molecule has 1 aromatic rings. The van der Waals surface area contributed by atoms with Crippen molar-refractivity contribution >= 4 is 15.7 Å². The number of hydrogen-bond donors (Lipinski definition) is 0. The van der Waals surface area contributed by atoms with E-state index in [1.54, 1.807) is 19.1 Å². The van der Waals surface area contributed by atoms with Crippen LogP contribution in [0.3, 0.4) is 0 Å². The van der Waals surface area contributed by atoms with E-state index < -0.39 is 15.3 Å². The monoisotopic (exact) mass is 325 g/mol. The smallest absolute Gasteiger partial charge is 0.232 e. The van der Waals surface area contributed by atoms with Crippen LogP contribution in [0.1, 0.15) is 25.8 Å². The van der Waals surface area contributed by atoms with Crippen molar-refractivity contribution < 1.29 is 17.9 Å². The minimum absolute atomic E-state index is 0.0634. The molecule has 0 aromatic heterocycles. The third kappa shape index (κ3) is 3.27. The van der Waals surface area contributed by atoms with Crippen LogP contribution in [0.4, 0.5) is 0 Å². The molecule has 0 N–H and O–H groups in total. The van der Waals surface area contributed by atoms with E-state index in [4.69, 9.17) is 4.74 Å². The minimum atomic E-state index is -3.00. The maximum Gasteiger partial charge on any atom is 0.232 e. The number of amides is 1. The number of ether oxygens (including phenoxy) is 1. The topological polar surface area (TPSA) is 63.7 Å². The van der Waals surface area contributed by atoms with Gasteiger partial charge in [-0.05, 0) is 38.0 Å². The van der Waals surface area contributed by atoms with Gasteiger partial charge in [-0.2, -0.15) is 0 Å². The molecule has 1 saturated heterocycles. The average Bonchev–Trinajstić information content (AvgIpc) is 2.85. The number of hydrogen-bond acceptors (Lipinski definition) is 4. The van der Waals surface area contributed by atoms with Crippen LogP contribution in [0, 0.1) is 0 Å². The summed E-state index contributed by atoms with van der Waals surface area (Å²) in [6.45, 7) is 3.72. The fourth-order valence-electron chi connectivity index (χ4n) is 2.82. The fourth-order valence-corrected chi connectivity index (χ4v) is 4.59. The average molecular weight is 325 g/mol. The lowest BCUT2D eigenvalue weighted by atomic mass is 9.83. The van der Waals surface area contributed by atoms with Gasteiger partial charge < -0.3 is 9.64 Å². The first-order valence-corrected chi connectivity index (χ1v) is 9.12. The van der Waals surface area contributed by atoms with Crippen LogP contribution in [-0.2, 0) is 20.0 Å². The molecule has 1 aliphatic heterocycles. The summed E-state index contributed by atoms with van der Waals surface area (Å²) < 4.78 is 28.3. The highest BCUT2D eigenvalue weighted by atomic mass is 32.2. The summed E-state index contributed by atoms with van der Waals surface area (Å²) in [5, 5.41) is 0. The van der Waals surface area contributed by atoms with Crippen molar-refractivity contribution in [2.24, 2.45) is 0 Å². The standard InChI is InChI=1S/C16H23NO4S/c1-16(2,12-5-7-14(21-4)8-6-12)15(18)17(3)13-9-10-22(19,20)11-13/h5-8,13H,9-11H2,1-4H3. The Morgan fingerprint density at radius 3 is 2.32 bits per heavy atom. The van der Waals surface area contributed by atoms with Crippen LogP contribution >= 0.6 is 0 Å². The zero-order valence-electron chi connectivity index (χ0n) is 13.5. The number of likely N-dealkylation sites (N-methyl/N-ethyl adjacent to an activating group) is 1. The van der Waals surface area contributed by atoms with Gasteiger partial charge in [0.2, 0.25) is 5.91 Å². The summed E-state index contributed by atoms with van der Waals surface area (Å²) in [5.41, 5.74) is 0.166. The number of sulfone groups is 1. The molecular weight excluding hydrogens is 302 g/mol. The van der Waals surface area contributed by atoms with Gasteiger partial charge >= 0.3 is 0 Å². The first-order valence-electron chi connectivity index (χ1n) is 7.29. The summed E-state index contributed by atoms with van der Waals surface area (Å²) in [6, 6.07) is 7.16. The highest BCUT2D eigenvalue weighted by Crippen LogP contribution is 2.29. The highest BCUT2D eigenvalue weighted by Gasteiger charge is 2.39. The molecule has 1 aliphatic rings. The van der Waals surface area contributed by atoms with Crippen molar-refractivity contribution in [3.05, 3.63) is 29.8 Å². The summed E-state index contributed by atoms with van der Waals surface area (Å²) in [6.07, 6.45) is 0.517. The van der Waals surface area contributed by atoms with Gasteiger partial charge in [0, 0.05) is 13.1 Å². The van der Waals surface area contributed by atoms with E-state index in [2.05, 4.69) is 0 Å². The Hall–Kier alpha value is -1.56. The van der Waals surface area contributed by atoms with Gasteiger partial charge in [-0.3, -0.25) is 4.79 Å². The quantitative estimate of drug-likeness (QED) is 0.844. The predicted molar refractivity (Wildman–Crippen MR) is 85.8 cm³/mol. The molecule has 1 unspecified atom stereocenters. The largest absolute Gasteiger partial charge is 0.497 e. The van der Waals surface area contributed by atoms with Crippen molar-refractivity contribution in [3.63, 3.8) is 0 Å². The van der Waals surface area contributed by atoms with Crippen molar-refractivity contribution in [2.75, 3.05) is 25.7 Å². The lowest BCUT2D eigenvalue weighted by molar-refractivity contribution is -0.136. The molecule has 2 rings (SSSR count). The van der Waals surface area contributed by atoms with E-state index in [1.807, 2.05) is 38.1 Å². The fraction of sp³-hybridized carbons (Fsp3) is 0.562. The minimum Gasteiger partial charge on any atom is -0.497 e. The van der Waals surface area contributed by atoms with E-state index in [-0.39, 0.29) is 23.5 Å². The van der Waals surface area contributed by atoms with Gasteiger partial charge in [-0.25, -0.2) is 8.42 Å². The van der Waals surface area contributed by atoms with Gasteiger partial charge in [0.25, 0.3) is 0 Å². The molecule has 1 atom stereocenters. The molecule has 0 saturated carbocycles. The normalized spacial score (nSPS) is 20.6. The molecule has 1 heterocycles. The summed E-state index contributed by atoms with van der Waals surface area (Å²) in [7, 11) is 0.287. The van der Waals surface area contributed by atoms with E-state index in [0.29, 0.717) is 6.42 Å². The lowest BCUT2D eigenvalue weighted by Crippen LogP contribution is -2.46. The molecule has 0 spiro atoms. The lowest BCUT2D eigenvalue weighted by Gasteiger charge is -2.33.